The Labute approximate surface area is 119 Å². The summed E-state index contributed by atoms with van der Waals surface area (Å²) in [6.45, 7) is 14.1. The minimum absolute atomic E-state index is 0.343. The lowest BCUT2D eigenvalue weighted by molar-refractivity contribution is 0.298. The molecule has 0 bridgehead atoms. The molecule has 1 aromatic carbocycles. The van der Waals surface area contributed by atoms with E-state index in [-0.39, 0.29) is 0 Å². The van der Waals surface area contributed by atoms with Crippen LogP contribution < -0.4 is 10.6 Å². The quantitative estimate of drug-likeness (QED) is 0.844. The molecule has 2 N–H and O–H groups in total. The van der Waals surface area contributed by atoms with Gasteiger partial charge in [-0.05, 0) is 55.8 Å². The predicted molar refractivity (Wildman–Crippen MR) is 85.7 cm³/mol. The Bertz CT molecular complexity index is 379. The van der Waals surface area contributed by atoms with E-state index in [4.69, 9.17) is 5.73 Å². The van der Waals surface area contributed by atoms with Crippen molar-refractivity contribution in [2.75, 3.05) is 24.5 Å². The van der Waals surface area contributed by atoms with Crippen LogP contribution in [0.1, 0.15) is 39.7 Å². The topological polar surface area (TPSA) is 29.3 Å². The molecule has 0 spiro atoms. The molecule has 0 fully saturated rings. The molecule has 0 aliphatic carbocycles. The Balaban J connectivity index is 2.75. The smallest absolute Gasteiger partial charge is 0.0368 e. The summed E-state index contributed by atoms with van der Waals surface area (Å²) < 4.78 is 0. The van der Waals surface area contributed by atoms with Crippen LogP contribution in [0.25, 0.3) is 0 Å². The van der Waals surface area contributed by atoms with E-state index in [9.17, 15) is 0 Å². The van der Waals surface area contributed by atoms with Crippen molar-refractivity contribution in [3.8, 4) is 0 Å². The fourth-order valence-corrected chi connectivity index (χ4v) is 2.64. The molecule has 108 valence electrons. The zero-order valence-electron chi connectivity index (χ0n) is 13.2. The minimum Gasteiger partial charge on any atom is -0.371 e. The van der Waals surface area contributed by atoms with Crippen molar-refractivity contribution >= 4 is 5.69 Å². The molecule has 0 radical (unpaired) electrons. The maximum Gasteiger partial charge on any atom is 0.0368 e. The molecular formula is C17H30N2. The summed E-state index contributed by atoms with van der Waals surface area (Å²) in [6.07, 6.45) is 1.17. The van der Waals surface area contributed by atoms with Crippen LogP contribution in [0.2, 0.25) is 0 Å². The number of benzene rings is 1. The number of nitrogens with zero attached hydrogens (tertiary/aromatic N) is 1. The highest BCUT2D eigenvalue weighted by atomic mass is 15.1. The summed E-state index contributed by atoms with van der Waals surface area (Å²) in [6, 6.07) is 8.73. The van der Waals surface area contributed by atoms with Crippen molar-refractivity contribution in [2.45, 2.75) is 41.0 Å². The maximum absolute atomic E-state index is 5.96. The van der Waals surface area contributed by atoms with Gasteiger partial charge in [0.15, 0.2) is 0 Å². The van der Waals surface area contributed by atoms with Crippen LogP contribution in [0.5, 0.6) is 0 Å². The van der Waals surface area contributed by atoms with Gasteiger partial charge < -0.3 is 10.6 Å². The molecule has 1 unspecified atom stereocenters. The van der Waals surface area contributed by atoms with Gasteiger partial charge in [0.05, 0.1) is 0 Å². The van der Waals surface area contributed by atoms with Gasteiger partial charge in [0.1, 0.15) is 0 Å². The summed E-state index contributed by atoms with van der Waals surface area (Å²) >= 11 is 0. The third-order valence-electron chi connectivity index (χ3n) is 3.46. The van der Waals surface area contributed by atoms with Crippen LogP contribution in [0.15, 0.2) is 24.3 Å². The monoisotopic (exact) mass is 262 g/mol. The predicted octanol–water partition coefficient (Wildman–Crippen LogP) is 3.83. The largest absolute Gasteiger partial charge is 0.371 e. The van der Waals surface area contributed by atoms with E-state index >= 15 is 0 Å². The van der Waals surface area contributed by atoms with Crippen molar-refractivity contribution in [3.63, 3.8) is 0 Å². The number of hydrogen-bond donors (Lipinski definition) is 1. The van der Waals surface area contributed by atoms with Gasteiger partial charge >= 0.3 is 0 Å². The molecule has 0 amide bonds. The van der Waals surface area contributed by atoms with E-state index in [1.165, 1.54) is 17.7 Å². The van der Waals surface area contributed by atoms with Gasteiger partial charge in [-0.1, -0.05) is 32.9 Å². The van der Waals surface area contributed by atoms with Gasteiger partial charge in [0.25, 0.3) is 0 Å². The first-order valence-electron chi connectivity index (χ1n) is 7.37. The van der Waals surface area contributed by atoms with E-state index in [0.29, 0.717) is 11.3 Å². The highest BCUT2D eigenvalue weighted by Gasteiger charge is 2.20. The Hall–Kier alpha value is -1.02. The molecule has 0 heterocycles. The lowest BCUT2D eigenvalue weighted by Crippen LogP contribution is -2.35. The van der Waals surface area contributed by atoms with E-state index in [0.717, 1.165) is 19.6 Å². The average molecular weight is 262 g/mol. The van der Waals surface area contributed by atoms with Gasteiger partial charge in [-0.2, -0.15) is 0 Å². The van der Waals surface area contributed by atoms with Crippen LogP contribution >= 0.6 is 0 Å². The van der Waals surface area contributed by atoms with E-state index < -0.39 is 0 Å². The molecule has 0 aliphatic heterocycles. The number of aryl methyl sites for hydroxylation is 1. The van der Waals surface area contributed by atoms with Gasteiger partial charge in [0.2, 0.25) is 0 Å². The third kappa shape index (κ3) is 5.65. The van der Waals surface area contributed by atoms with E-state index in [1.807, 2.05) is 0 Å². The Morgan fingerprint density at radius 1 is 1.26 bits per heavy atom. The summed E-state index contributed by atoms with van der Waals surface area (Å²) in [4.78, 5) is 2.44. The van der Waals surface area contributed by atoms with E-state index in [2.05, 4.69) is 63.8 Å². The second-order valence-corrected chi connectivity index (χ2v) is 6.74. The minimum atomic E-state index is 0.343. The molecular weight excluding hydrogens is 232 g/mol. The van der Waals surface area contributed by atoms with Crippen molar-refractivity contribution < 1.29 is 0 Å². The molecule has 0 aliphatic rings. The number of hydrogen-bond acceptors (Lipinski definition) is 2. The number of anilines is 1. The zero-order valence-corrected chi connectivity index (χ0v) is 13.2. The normalized spacial score (nSPS) is 13.4. The van der Waals surface area contributed by atoms with Crippen molar-refractivity contribution in [1.82, 2.24) is 0 Å². The van der Waals surface area contributed by atoms with Crippen molar-refractivity contribution in [1.29, 1.82) is 0 Å². The molecule has 2 heteroatoms. The Morgan fingerprint density at radius 3 is 2.42 bits per heavy atom. The average Bonchev–Trinajstić information content (AvgIpc) is 2.32. The first-order valence-corrected chi connectivity index (χ1v) is 7.37. The maximum atomic E-state index is 5.96. The molecule has 0 aromatic heterocycles. The molecule has 1 atom stereocenters. The summed E-state index contributed by atoms with van der Waals surface area (Å²) in [5, 5.41) is 0. The highest BCUT2D eigenvalue weighted by molar-refractivity contribution is 5.48. The Kier molecular flexibility index (Phi) is 5.86. The molecule has 19 heavy (non-hydrogen) atoms. The highest BCUT2D eigenvalue weighted by Crippen LogP contribution is 2.26. The summed E-state index contributed by atoms with van der Waals surface area (Å²) in [5.74, 6) is 0.556. The standard InChI is InChI=1S/C17H30N2/c1-6-19(16-9-7-8-14(2)10-16)13-15(12-18)11-17(3,4)5/h7-10,15H,6,11-13,18H2,1-5H3. The first kappa shape index (κ1) is 16.0. The second kappa shape index (κ2) is 6.95. The second-order valence-electron chi connectivity index (χ2n) is 6.74. The first-order chi connectivity index (χ1) is 8.85. The van der Waals surface area contributed by atoms with Crippen LogP contribution in [0, 0.1) is 18.3 Å². The van der Waals surface area contributed by atoms with Crippen LogP contribution in [0.4, 0.5) is 5.69 Å². The van der Waals surface area contributed by atoms with Gasteiger partial charge in [-0.25, -0.2) is 0 Å². The summed E-state index contributed by atoms with van der Waals surface area (Å²) in [5.41, 5.74) is 8.94. The lowest BCUT2D eigenvalue weighted by atomic mass is 9.84. The van der Waals surface area contributed by atoms with Gasteiger partial charge in [-0.15, -0.1) is 0 Å². The van der Waals surface area contributed by atoms with Crippen LogP contribution in [-0.2, 0) is 0 Å². The molecule has 0 saturated carbocycles. The zero-order chi connectivity index (χ0) is 14.5. The summed E-state index contributed by atoms with van der Waals surface area (Å²) in [7, 11) is 0. The number of nitrogens with two attached hydrogens (primary N) is 1. The number of rotatable bonds is 6. The van der Waals surface area contributed by atoms with Crippen molar-refractivity contribution in [3.05, 3.63) is 29.8 Å². The van der Waals surface area contributed by atoms with Gasteiger partial charge in [0, 0.05) is 18.8 Å². The Morgan fingerprint density at radius 2 is 1.95 bits per heavy atom. The molecule has 1 aromatic rings. The van der Waals surface area contributed by atoms with E-state index in [1.54, 1.807) is 0 Å². The van der Waals surface area contributed by atoms with Crippen LogP contribution in [0.3, 0.4) is 0 Å². The fraction of sp³-hybridized carbons (Fsp3) is 0.647. The molecule has 0 saturated heterocycles. The van der Waals surface area contributed by atoms with Crippen LogP contribution in [-0.4, -0.2) is 19.6 Å². The van der Waals surface area contributed by atoms with Crippen molar-refractivity contribution in [2.24, 2.45) is 17.1 Å². The van der Waals surface area contributed by atoms with Gasteiger partial charge in [-0.3, -0.25) is 0 Å². The lowest BCUT2D eigenvalue weighted by Gasteiger charge is -2.31. The SMILES string of the molecule is CCN(CC(CN)CC(C)(C)C)c1cccc(C)c1. The molecule has 2 nitrogen and oxygen atoms in total. The fourth-order valence-electron chi connectivity index (χ4n) is 2.64. The molecule has 1 rings (SSSR count). The third-order valence-corrected chi connectivity index (χ3v) is 3.46.